The van der Waals surface area contributed by atoms with Gasteiger partial charge in [0.15, 0.2) is 6.04 Å². The molecule has 1 amide bonds. The maximum absolute atomic E-state index is 13.7. The van der Waals surface area contributed by atoms with E-state index in [9.17, 15) is 18.0 Å². The van der Waals surface area contributed by atoms with Crippen molar-refractivity contribution in [2.45, 2.75) is 45.0 Å². The summed E-state index contributed by atoms with van der Waals surface area (Å²) >= 11 is 0. The van der Waals surface area contributed by atoms with Crippen LogP contribution in [-0.2, 0) is 11.8 Å². The molecule has 1 aliphatic heterocycles. The van der Waals surface area contributed by atoms with E-state index in [4.69, 9.17) is 9.47 Å². The predicted molar refractivity (Wildman–Crippen MR) is 99.9 cm³/mol. The lowest BCUT2D eigenvalue weighted by molar-refractivity contribution is -0.155. The lowest BCUT2D eigenvalue weighted by Crippen LogP contribution is -2.38. The van der Waals surface area contributed by atoms with Gasteiger partial charge in [0.1, 0.15) is 12.4 Å². The number of benzene rings is 1. The van der Waals surface area contributed by atoms with E-state index in [2.05, 4.69) is 10.4 Å². The number of ether oxygens (including phenoxy) is 2. The van der Waals surface area contributed by atoms with Gasteiger partial charge in [-0.05, 0) is 51.0 Å². The number of alkyl halides is 3. The van der Waals surface area contributed by atoms with Gasteiger partial charge in [-0.15, -0.1) is 0 Å². The molecule has 3 rings (SSSR count). The van der Waals surface area contributed by atoms with Crippen LogP contribution in [0, 0.1) is 13.8 Å². The molecule has 158 valence electrons. The maximum atomic E-state index is 13.7. The van der Waals surface area contributed by atoms with Crippen molar-refractivity contribution < 1.29 is 27.4 Å². The van der Waals surface area contributed by atoms with Gasteiger partial charge >= 0.3 is 6.18 Å². The van der Waals surface area contributed by atoms with Gasteiger partial charge in [0.25, 0.3) is 5.91 Å². The smallest absolute Gasteiger partial charge is 0.413 e. The van der Waals surface area contributed by atoms with Crippen LogP contribution in [0.2, 0.25) is 0 Å². The van der Waals surface area contributed by atoms with Crippen molar-refractivity contribution in [2.24, 2.45) is 7.05 Å². The van der Waals surface area contributed by atoms with Crippen molar-refractivity contribution >= 4 is 5.91 Å². The predicted octanol–water partition coefficient (Wildman–Crippen LogP) is 3.63. The quantitative estimate of drug-likeness (QED) is 0.789. The van der Waals surface area contributed by atoms with E-state index in [0.29, 0.717) is 18.1 Å². The molecule has 1 aromatic carbocycles. The number of rotatable bonds is 6. The highest BCUT2D eigenvalue weighted by Gasteiger charge is 2.44. The van der Waals surface area contributed by atoms with E-state index < -0.39 is 18.1 Å². The number of nitrogens with zero attached hydrogens (tertiary/aromatic N) is 2. The van der Waals surface area contributed by atoms with Gasteiger partial charge in [-0.3, -0.25) is 9.48 Å². The third-order valence-corrected chi connectivity index (χ3v) is 5.03. The molecule has 9 heteroatoms. The van der Waals surface area contributed by atoms with Crippen LogP contribution in [-0.4, -0.2) is 41.2 Å². The lowest BCUT2D eigenvalue weighted by atomic mass is 10.0. The fourth-order valence-electron chi connectivity index (χ4n) is 3.41. The number of carbonyl (C=O) groups is 1. The van der Waals surface area contributed by atoms with Crippen LogP contribution in [0.15, 0.2) is 24.3 Å². The molecule has 2 heterocycles. The Balaban J connectivity index is 1.71. The molecule has 0 aliphatic carbocycles. The second-order valence-electron chi connectivity index (χ2n) is 7.13. The maximum Gasteiger partial charge on any atom is 0.413 e. The minimum atomic E-state index is -4.65. The topological polar surface area (TPSA) is 65.4 Å². The van der Waals surface area contributed by atoms with Gasteiger partial charge in [-0.2, -0.15) is 18.3 Å². The van der Waals surface area contributed by atoms with Crippen LogP contribution in [0.3, 0.4) is 0 Å². The summed E-state index contributed by atoms with van der Waals surface area (Å²) < 4.78 is 53.5. The number of aryl methyl sites for hydroxylation is 2. The summed E-state index contributed by atoms with van der Waals surface area (Å²) in [4.78, 5) is 12.5. The van der Waals surface area contributed by atoms with Gasteiger partial charge in [0.05, 0.1) is 11.8 Å². The Kier molecular flexibility index (Phi) is 6.16. The highest BCUT2D eigenvalue weighted by atomic mass is 19.4. The lowest BCUT2D eigenvalue weighted by Gasteiger charge is -2.22. The van der Waals surface area contributed by atoms with E-state index in [0.717, 1.165) is 19.4 Å². The summed E-state index contributed by atoms with van der Waals surface area (Å²) in [5.41, 5.74) is 0.654. The molecule has 1 saturated heterocycles. The van der Waals surface area contributed by atoms with Crippen molar-refractivity contribution in [3.05, 3.63) is 46.8 Å². The second-order valence-corrected chi connectivity index (χ2v) is 7.13. The van der Waals surface area contributed by atoms with E-state index in [-0.39, 0.29) is 22.9 Å². The average Bonchev–Trinajstić information content (AvgIpc) is 3.26. The summed E-state index contributed by atoms with van der Waals surface area (Å²) in [5.74, 6) is -0.288. The Morgan fingerprint density at radius 2 is 2.03 bits per heavy atom. The van der Waals surface area contributed by atoms with Crippen LogP contribution in [0.1, 0.15) is 46.2 Å². The van der Waals surface area contributed by atoms with Crippen LogP contribution in [0.5, 0.6) is 5.75 Å². The van der Waals surface area contributed by atoms with Crippen LogP contribution >= 0.6 is 0 Å². The zero-order chi connectivity index (χ0) is 21.2. The van der Waals surface area contributed by atoms with Crippen LogP contribution < -0.4 is 10.1 Å². The molecule has 0 bridgehead atoms. The molecule has 1 aromatic heterocycles. The summed E-state index contributed by atoms with van der Waals surface area (Å²) in [6.07, 6.45) is -2.66. The minimum Gasteiger partial charge on any atom is -0.491 e. The van der Waals surface area contributed by atoms with Crippen LogP contribution in [0.25, 0.3) is 0 Å². The molecule has 1 N–H and O–H groups in total. The molecule has 0 saturated carbocycles. The van der Waals surface area contributed by atoms with E-state index in [1.54, 1.807) is 26.1 Å². The third-order valence-electron chi connectivity index (χ3n) is 5.03. The van der Waals surface area contributed by atoms with Crippen LogP contribution in [0.4, 0.5) is 13.2 Å². The molecule has 1 aliphatic rings. The Labute approximate surface area is 167 Å². The van der Waals surface area contributed by atoms with Gasteiger partial charge in [-0.1, -0.05) is 0 Å². The van der Waals surface area contributed by atoms with Crippen molar-refractivity contribution in [2.75, 3.05) is 13.2 Å². The van der Waals surface area contributed by atoms with Gasteiger partial charge in [0.2, 0.25) is 0 Å². The SMILES string of the molecule is Cc1nn(C)c(C)c1[C@@H](NC(=O)c1ccc(OC[C@H]2CCCO2)cc1)C(F)(F)F. The Bertz CT molecular complexity index is 856. The van der Waals surface area contributed by atoms with Crippen molar-refractivity contribution in [3.63, 3.8) is 0 Å². The monoisotopic (exact) mass is 411 g/mol. The fraction of sp³-hybridized carbons (Fsp3) is 0.500. The van der Waals surface area contributed by atoms with E-state index in [1.165, 1.54) is 23.7 Å². The first-order valence-corrected chi connectivity index (χ1v) is 9.39. The highest BCUT2D eigenvalue weighted by molar-refractivity contribution is 5.94. The summed E-state index contributed by atoms with van der Waals surface area (Å²) in [7, 11) is 1.57. The number of amides is 1. The summed E-state index contributed by atoms with van der Waals surface area (Å²) in [6, 6.07) is 3.87. The first-order valence-electron chi connectivity index (χ1n) is 9.39. The molecule has 2 atom stereocenters. The van der Waals surface area contributed by atoms with E-state index in [1.807, 2.05) is 0 Å². The number of hydrogen-bond donors (Lipinski definition) is 1. The normalized spacial score (nSPS) is 17.9. The summed E-state index contributed by atoms with van der Waals surface area (Å²) in [5, 5.41) is 6.13. The first-order chi connectivity index (χ1) is 13.7. The first kappa shape index (κ1) is 21.2. The fourth-order valence-corrected chi connectivity index (χ4v) is 3.41. The standard InChI is InChI=1S/C20H24F3N3O3/c1-12-17(13(2)26(3)25-12)18(20(21,22)23)24-19(27)14-6-8-15(9-7-14)29-11-16-5-4-10-28-16/h6-9,16,18H,4-5,10-11H2,1-3H3,(H,24,27)/t16-,18-/m1/s1. The Morgan fingerprint density at radius 3 is 2.55 bits per heavy atom. The molecular weight excluding hydrogens is 387 g/mol. The van der Waals surface area contributed by atoms with Gasteiger partial charge in [-0.25, -0.2) is 0 Å². The van der Waals surface area contributed by atoms with E-state index >= 15 is 0 Å². The molecule has 1 fully saturated rings. The summed E-state index contributed by atoms with van der Waals surface area (Å²) in [6.45, 7) is 4.17. The minimum absolute atomic E-state index is 0.0372. The van der Waals surface area contributed by atoms with Crippen molar-refractivity contribution in [1.29, 1.82) is 0 Å². The number of hydrogen-bond acceptors (Lipinski definition) is 4. The number of halogens is 3. The highest BCUT2D eigenvalue weighted by Crippen LogP contribution is 2.36. The van der Waals surface area contributed by atoms with Crippen molar-refractivity contribution in [3.8, 4) is 5.75 Å². The molecule has 0 spiro atoms. The number of carbonyl (C=O) groups excluding carboxylic acids is 1. The van der Waals surface area contributed by atoms with Gasteiger partial charge in [0, 0.05) is 30.5 Å². The molecule has 0 radical (unpaired) electrons. The molecule has 0 unspecified atom stereocenters. The zero-order valence-electron chi connectivity index (χ0n) is 16.5. The number of nitrogens with one attached hydrogen (secondary N) is 1. The number of aromatic nitrogens is 2. The Hall–Kier alpha value is -2.55. The molecule has 29 heavy (non-hydrogen) atoms. The van der Waals surface area contributed by atoms with Gasteiger partial charge < -0.3 is 14.8 Å². The molecule has 2 aromatic rings. The van der Waals surface area contributed by atoms with Crippen molar-refractivity contribution in [1.82, 2.24) is 15.1 Å². The average molecular weight is 411 g/mol. The molecule has 6 nitrogen and oxygen atoms in total. The zero-order valence-corrected chi connectivity index (χ0v) is 16.5. The largest absolute Gasteiger partial charge is 0.491 e. The third kappa shape index (κ3) is 4.90. The molecular formula is C20H24F3N3O3. The Morgan fingerprint density at radius 1 is 1.34 bits per heavy atom. The second kappa shape index (κ2) is 8.44.